The summed E-state index contributed by atoms with van der Waals surface area (Å²) in [7, 11) is 0. The number of aliphatic hydroxyl groups excluding tert-OH is 1. The van der Waals surface area contributed by atoms with E-state index in [4.69, 9.17) is 4.74 Å². The van der Waals surface area contributed by atoms with Crippen molar-refractivity contribution in [2.45, 2.75) is 65.5 Å². The van der Waals surface area contributed by atoms with E-state index < -0.39 is 6.10 Å². The van der Waals surface area contributed by atoms with Gasteiger partial charge in [0, 0.05) is 12.1 Å². The van der Waals surface area contributed by atoms with Gasteiger partial charge in [0.15, 0.2) is 0 Å². The van der Waals surface area contributed by atoms with Crippen molar-refractivity contribution < 1.29 is 9.84 Å². The highest BCUT2D eigenvalue weighted by molar-refractivity contribution is 5.38. The Labute approximate surface area is 129 Å². The van der Waals surface area contributed by atoms with Crippen molar-refractivity contribution in [3.8, 4) is 5.75 Å². The third-order valence-electron chi connectivity index (χ3n) is 3.34. The molecule has 1 atom stereocenters. The zero-order valence-corrected chi connectivity index (χ0v) is 14.6. The molecule has 0 saturated heterocycles. The molecule has 0 aliphatic rings. The normalized spacial score (nSPS) is 14.1. The second kappa shape index (κ2) is 6.80. The van der Waals surface area contributed by atoms with Crippen molar-refractivity contribution >= 4 is 0 Å². The first-order valence-electron chi connectivity index (χ1n) is 7.66. The first-order chi connectivity index (χ1) is 9.49. The number of nitrogens with one attached hydrogen (secondary N) is 1. The van der Waals surface area contributed by atoms with Crippen LogP contribution in [0.4, 0.5) is 0 Å². The lowest BCUT2D eigenvalue weighted by Gasteiger charge is -2.23. The average molecular weight is 293 g/mol. The molecule has 1 aromatic rings. The van der Waals surface area contributed by atoms with Gasteiger partial charge in [-0.2, -0.15) is 0 Å². The minimum atomic E-state index is -0.508. The number of aliphatic hydroxyl groups is 1. The van der Waals surface area contributed by atoms with Crippen molar-refractivity contribution in [2.75, 3.05) is 13.2 Å². The van der Waals surface area contributed by atoms with Gasteiger partial charge in [0.05, 0.1) is 0 Å². The van der Waals surface area contributed by atoms with Crippen molar-refractivity contribution in [3.05, 3.63) is 29.3 Å². The minimum absolute atomic E-state index is 0.00521. The molecule has 0 aliphatic carbocycles. The second-order valence-electron chi connectivity index (χ2n) is 7.83. The van der Waals surface area contributed by atoms with Gasteiger partial charge < -0.3 is 15.2 Å². The van der Waals surface area contributed by atoms with Crippen LogP contribution in [0.3, 0.4) is 0 Å². The zero-order chi connectivity index (χ0) is 16.3. The summed E-state index contributed by atoms with van der Waals surface area (Å²) in [4.78, 5) is 0. The van der Waals surface area contributed by atoms with Crippen molar-refractivity contribution in [1.82, 2.24) is 5.32 Å². The smallest absolute Gasteiger partial charge is 0.122 e. The van der Waals surface area contributed by atoms with E-state index in [9.17, 15) is 5.11 Å². The third kappa shape index (κ3) is 6.49. The van der Waals surface area contributed by atoms with E-state index in [-0.39, 0.29) is 11.0 Å². The van der Waals surface area contributed by atoms with Crippen LogP contribution in [0, 0.1) is 6.92 Å². The first-order valence-corrected chi connectivity index (χ1v) is 7.66. The fraction of sp³-hybridized carbons (Fsp3) is 0.667. The van der Waals surface area contributed by atoms with Crippen LogP contribution < -0.4 is 10.1 Å². The van der Waals surface area contributed by atoms with Crippen LogP contribution in [0.5, 0.6) is 5.75 Å². The topological polar surface area (TPSA) is 41.5 Å². The highest BCUT2D eigenvalue weighted by Gasteiger charge is 2.16. The molecule has 0 radical (unpaired) electrons. The maximum atomic E-state index is 9.96. The Morgan fingerprint density at radius 3 is 2.24 bits per heavy atom. The molecule has 0 bridgehead atoms. The van der Waals surface area contributed by atoms with E-state index in [0.717, 1.165) is 11.3 Å². The number of hydrogen-bond acceptors (Lipinski definition) is 3. The Bertz CT molecular complexity index is 455. The summed E-state index contributed by atoms with van der Waals surface area (Å²) in [5.74, 6) is 0.845. The molecule has 3 nitrogen and oxygen atoms in total. The molecule has 0 amide bonds. The standard InChI is InChI=1S/C18H31NO2/c1-13-10-14(17(2,3)4)8-9-16(13)21-12-15(20)11-19-18(5,6)7/h8-10,15,19-20H,11-12H2,1-7H3. The van der Waals surface area contributed by atoms with E-state index >= 15 is 0 Å². The molecule has 1 unspecified atom stereocenters. The van der Waals surface area contributed by atoms with Gasteiger partial charge in [-0.1, -0.05) is 32.9 Å². The molecule has 0 heterocycles. The van der Waals surface area contributed by atoms with Crippen LogP contribution in [-0.4, -0.2) is 29.9 Å². The molecule has 0 saturated carbocycles. The summed E-state index contributed by atoms with van der Waals surface area (Å²) in [5, 5.41) is 13.2. The highest BCUT2D eigenvalue weighted by Crippen LogP contribution is 2.27. The van der Waals surface area contributed by atoms with Crippen LogP contribution >= 0.6 is 0 Å². The Morgan fingerprint density at radius 2 is 1.76 bits per heavy atom. The number of rotatable bonds is 5. The summed E-state index contributed by atoms with van der Waals surface area (Å²) >= 11 is 0. The highest BCUT2D eigenvalue weighted by atomic mass is 16.5. The van der Waals surface area contributed by atoms with E-state index in [1.165, 1.54) is 5.56 Å². The summed E-state index contributed by atoms with van der Waals surface area (Å²) < 4.78 is 5.74. The van der Waals surface area contributed by atoms with Crippen LogP contribution in [0.25, 0.3) is 0 Å². The minimum Gasteiger partial charge on any atom is -0.491 e. The lowest BCUT2D eigenvalue weighted by molar-refractivity contribution is 0.0997. The largest absolute Gasteiger partial charge is 0.491 e. The summed E-state index contributed by atoms with van der Waals surface area (Å²) in [6, 6.07) is 6.26. The fourth-order valence-corrected chi connectivity index (χ4v) is 1.95. The Morgan fingerprint density at radius 1 is 1.14 bits per heavy atom. The molecule has 120 valence electrons. The maximum Gasteiger partial charge on any atom is 0.122 e. The van der Waals surface area contributed by atoms with Gasteiger partial charge in [0.2, 0.25) is 0 Å². The monoisotopic (exact) mass is 293 g/mol. The van der Waals surface area contributed by atoms with E-state index in [0.29, 0.717) is 13.2 Å². The predicted molar refractivity (Wildman–Crippen MR) is 89.1 cm³/mol. The molecule has 3 heteroatoms. The number of benzene rings is 1. The number of β-amino-alcohol motifs (C(OH)–C–C–N with tert-alkyl or cyclic N) is 1. The summed E-state index contributed by atoms with van der Waals surface area (Å²) in [6.07, 6.45) is -0.508. The van der Waals surface area contributed by atoms with Crippen LogP contribution in [-0.2, 0) is 5.41 Å². The SMILES string of the molecule is Cc1cc(C(C)(C)C)ccc1OCC(O)CNC(C)(C)C. The first kappa shape index (κ1) is 18.0. The van der Waals surface area contributed by atoms with Gasteiger partial charge in [-0.3, -0.25) is 0 Å². The predicted octanol–water partition coefficient (Wildman–Crippen LogP) is 3.42. The lowest BCUT2D eigenvalue weighted by Crippen LogP contribution is -2.42. The molecule has 0 aromatic heterocycles. The van der Waals surface area contributed by atoms with Crippen LogP contribution in [0.15, 0.2) is 18.2 Å². The second-order valence-corrected chi connectivity index (χ2v) is 7.83. The molecular weight excluding hydrogens is 262 g/mol. The molecule has 1 aromatic carbocycles. The number of ether oxygens (including phenoxy) is 1. The molecule has 0 fully saturated rings. The molecule has 2 N–H and O–H groups in total. The van der Waals surface area contributed by atoms with E-state index in [1.807, 2.05) is 13.0 Å². The molecular formula is C18H31NO2. The van der Waals surface area contributed by atoms with Crippen molar-refractivity contribution in [3.63, 3.8) is 0 Å². The van der Waals surface area contributed by atoms with Gasteiger partial charge in [-0.15, -0.1) is 0 Å². The lowest BCUT2D eigenvalue weighted by atomic mass is 9.86. The van der Waals surface area contributed by atoms with Crippen LogP contribution in [0.2, 0.25) is 0 Å². The Hall–Kier alpha value is -1.06. The van der Waals surface area contributed by atoms with Crippen LogP contribution in [0.1, 0.15) is 52.7 Å². The van der Waals surface area contributed by atoms with Gasteiger partial charge in [-0.25, -0.2) is 0 Å². The maximum absolute atomic E-state index is 9.96. The molecule has 0 aliphatic heterocycles. The van der Waals surface area contributed by atoms with Gasteiger partial charge in [-0.05, 0) is 50.3 Å². The average Bonchev–Trinajstić information content (AvgIpc) is 2.32. The zero-order valence-electron chi connectivity index (χ0n) is 14.6. The Kier molecular flexibility index (Phi) is 5.83. The van der Waals surface area contributed by atoms with Gasteiger partial charge in [0.1, 0.15) is 18.5 Å². The Balaban J connectivity index is 2.56. The van der Waals surface area contributed by atoms with Crippen molar-refractivity contribution in [1.29, 1.82) is 0 Å². The van der Waals surface area contributed by atoms with Crippen molar-refractivity contribution in [2.24, 2.45) is 0 Å². The third-order valence-corrected chi connectivity index (χ3v) is 3.34. The van der Waals surface area contributed by atoms with E-state index in [2.05, 4.69) is 59.0 Å². The molecule has 1 rings (SSSR count). The summed E-state index contributed by atoms with van der Waals surface area (Å²) in [5.41, 5.74) is 2.55. The van der Waals surface area contributed by atoms with Gasteiger partial charge >= 0.3 is 0 Å². The molecule has 0 spiro atoms. The van der Waals surface area contributed by atoms with E-state index in [1.54, 1.807) is 0 Å². The van der Waals surface area contributed by atoms with Gasteiger partial charge in [0.25, 0.3) is 0 Å². The fourth-order valence-electron chi connectivity index (χ4n) is 1.95. The quantitative estimate of drug-likeness (QED) is 0.874. The summed E-state index contributed by atoms with van der Waals surface area (Å²) in [6.45, 7) is 15.7. The number of aryl methyl sites for hydroxylation is 1. The molecule has 21 heavy (non-hydrogen) atoms. The number of hydrogen-bond donors (Lipinski definition) is 2.